The van der Waals surface area contributed by atoms with Gasteiger partial charge in [-0.3, -0.25) is 0 Å². The highest BCUT2D eigenvalue weighted by atomic mass is 19.4. The number of hydrogen-bond acceptors (Lipinski definition) is 3. The first-order chi connectivity index (χ1) is 10.8. The van der Waals surface area contributed by atoms with E-state index in [1.54, 1.807) is 6.08 Å². The number of amides is 1. The Morgan fingerprint density at radius 3 is 2.61 bits per heavy atom. The molecule has 23 heavy (non-hydrogen) atoms. The van der Waals surface area contributed by atoms with E-state index in [-0.39, 0.29) is 12.3 Å². The van der Waals surface area contributed by atoms with Crippen LogP contribution in [0.1, 0.15) is 24.2 Å². The Kier molecular flexibility index (Phi) is 3.79. The maximum atomic E-state index is 12.7. The number of alkyl halides is 3. The molecule has 2 aliphatic rings. The summed E-state index contributed by atoms with van der Waals surface area (Å²) in [5, 5.41) is 8.96. The fraction of sp³-hybridized carbons (Fsp3) is 0.467. The first kappa shape index (κ1) is 15.8. The van der Waals surface area contributed by atoms with E-state index < -0.39 is 23.6 Å². The van der Waals surface area contributed by atoms with Crippen molar-refractivity contribution in [2.45, 2.75) is 24.6 Å². The molecule has 5 nitrogen and oxygen atoms in total. The third-order valence-electron chi connectivity index (χ3n) is 4.20. The van der Waals surface area contributed by atoms with Gasteiger partial charge in [-0.05, 0) is 31.1 Å². The highest BCUT2D eigenvalue weighted by Gasteiger charge is 2.39. The number of carbonyl (C=O) groups is 1. The molecule has 2 aliphatic heterocycles. The van der Waals surface area contributed by atoms with Crippen molar-refractivity contribution in [2.75, 3.05) is 19.7 Å². The number of halogens is 3. The molecule has 0 aromatic carbocycles. The van der Waals surface area contributed by atoms with Crippen molar-refractivity contribution in [3.05, 3.63) is 35.7 Å². The van der Waals surface area contributed by atoms with E-state index in [0.717, 1.165) is 6.07 Å². The molecule has 3 rings (SSSR count). The molecule has 1 N–H and O–H groups in total. The van der Waals surface area contributed by atoms with E-state index >= 15 is 0 Å². The zero-order valence-electron chi connectivity index (χ0n) is 12.1. The monoisotopic (exact) mass is 328 g/mol. The SMILES string of the molecule is O=C(O)N1CCC2(C=C(c3cccc(C(F)(F)F)n3)CO2)CC1. The van der Waals surface area contributed by atoms with Gasteiger partial charge in [0.2, 0.25) is 0 Å². The normalized spacial score (nSPS) is 20.7. The highest BCUT2D eigenvalue weighted by molar-refractivity contribution is 5.68. The van der Waals surface area contributed by atoms with Gasteiger partial charge in [-0.2, -0.15) is 13.2 Å². The molecule has 0 aliphatic carbocycles. The minimum Gasteiger partial charge on any atom is -0.465 e. The Labute approximate surface area is 130 Å². The molecular formula is C15H15F3N2O3. The number of rotatable bonds is 1. The number of nitrogens with zero attached hydrogens (tertiary/aromatic N) is 2. The lowest BCUT2D eigenvalue weighted by Crippen LogP contribution is -2.45. The number of hydrogen-bond donors (Lipinski definition) is 1. The minimum atomic E-state index is -4.49. The molecule has 1 spiro atoms. The number of aromatic nitrogens is 1. The van der Waals surface area contributed by atoms with E-state index in [0.29, 0.717) is 31.5 Å². The van der Waals surface area contributed by atoms with Gasteiger partial charge in [-0.15, -0.1) is 0 Å². The molecule has 1 aromatic rings. The summed E-state index contributed by atoms with van der Waals surface area (Å²) >= 11 is 0. The lowest BCUT2D eigenvalue weighted by atomic mass is 9.90. The summed E-state index contributed by atoms with van der Waals surface area (Å²) in [5.41, 5.74) is -0.674. The van der Waals surface area contributed by atoms with Crippen molar-refractivity contribution in [3.63, 3.8) is 0 Å². The van der Waals surface area contributed by atoms with Gasteiger partial charge in [0.15, 0.2) is 0 Å². The number of carboxylic acid groups (broad SMARTS) is 1. The average molecular weight is 328 g/mol. The standard InChI is InChI=1S/C15H15F3N2O3/c16-15(17,18)12-3-1-2-11(19-12)10-8-14(23-9-10)4-6-20(7-5-14)13(21)22/h1-3,8H,4-7,9H2,(H,21,22). The lowest BCUT2D eigenvalue weighted by Gasteiger charge is -2.36. The van der Waals surface area contributed by atoms with Crippen LogP contribution in [0, 0.1) is 0 Å². The fourth-order valence-electron chi connectivity index (χ4n) is 2.91. The first-order valence-corrected chi connectivity index (χ1v) is 7.17. The van der Waals surface area contributed by atoms with Crippen LogP contribution in [0.25, 0.3) is 5.57 Å². The van der Waals surface area contributed by atoms with Gasteiger partial charge in [-0.1, -0.05) is 6.07 Å². The molecule has 0 unspecified atom stereocenters. The maximum absolute atomic E-state index is 12.7. The quantitative estimate of drug-likeness (QED) is 0.861. The van der Waals surface area contributed by atoms with Gasteiger partial charge in [-0.25, -0.2) is 9.78 Å². The Bertz CT molecular complexity index is 650. The molecule has 1 saturated heterocycles. The molecular weight excluding hydrogens is 313 g/mol. The second kappa shape index (κ2) is 5.52. The van der Waals surface area contributed by atoms with Crippen LogP contribution in [0.5, 0.6) is 0 Å². The number of ether oxygens (including phenoxy) is 1. The van der Waals surface area contributed by atoms with Crippen molar-refractivity contribution < 1.29 is 27.8 Å². The summed E-state index contributed by atoms with van der Waals surface area (Å²) in [5.74, 6) is 0. The highest BCUT2D eigenvalue weighted by Crippen LogP contribution is 2.37. The van der Waals surface area contributed by atoms with Crippen LogP contribution in [-0.4, -0.2) is 46.4 Å². The van der Waals surface area contributed by atoms with Crippen LogP contribution < -0.4 is 0 Å². The summed E-state index contributed by atoms with van der Waals surface area (Å²) in [4.78, 5) is 15.9. The molecule has 1 amide bonds. The van der Waals surface area contributed by atoms with Crippen LogP contribution in [0.4, 0.5) is 18.0 Å². The van der Waals surface area contributed by atoms with Crippen LogP contribution >= 0.6 is 0 Å². The zero-order chi connectivity index (χ0) is 16.7. The van der Waals surface area contributed by atoms with Gasteiger partial charge in [0.05, 0.1) is 17.9 Å². The number of pyridine rings is 1. The molecule has 0 atom stereocenters. The molecule has 0 bridgehead atoms. The number of piperidine rings is 1. The molecule has 8 heteroatoms. The zero-order valence-corrected chi connectivity index (χ0v) is 12.1. The van der Waals surface area contributed by atoms with E-state index in [2.05, 4.69) is 4.98 Å². The summed E-state index contributed by atoms with van der Waals surface area (Å²) in [6.07, 6.45) is -2.68. The fourth-order valence-corrected chi connectivity index (χ4v) is 2.91. The molecule has 3 heterocycles. The number of likely N-dealkylation sites (tertiary alicyclic amines) is 1. The predicted octanol–water partition coefficient (Wildman–Crippen LogP) is 3.03. The Morgan fingerprint density at radius 1 is 1.30 bits per heavy atom. The third kappa shape index (κ3) is 3.17. The van der Waals surface area contributed by atoms with E-state index in [1.165, 1.54) is 17.0 Å². The maximum Gasteiger partial charge on any atom is 0.433 e. The summed E-state index contributed by atoms with van der Waals surface area (Å²) in [6.45, 7) is 0.867. The van der Waals surface area contributed by atoms with Crippen molar-refractivity contribution in [3.8, 4) is 0 Å². The summed E-state index contributed by atoms with van der Waals surface area (Å²) in [7, 11) is 0. The smallest absolute Gasteiger partial charge is 0.433 e. The minimum absolute atomic E-state index is 0.182. The second-order valence-corrected chi connectivity index (χ2v) is 5.70. The molecule has 0 saturated carbocycles. The van der Waals surface area contributed by atoms with Crippen LogP contribution in [0.3, 0.4) is 0 Å². The molecule has 0 radical (unpaired) electrons. The average Bonchev–Trinajstić information content (AvgIpc) is 2.91. The molecule has 1 fully saturated rings. The van der Waals surface area contributed by atoms with E-state index in [4.69, 9.17) is 9.84 Å². The Balaban J connectivity index is 1.80. The Hall–Kier alpha value is -2.09. The van der Waals surface area contributed by atoms with Gasteiger partial charge in [0.1, 0.15) is 5.69 Å². The lowest BCUT2D eigenvalue weighted by molar-refractivity contribution is -0.141. The predicted molar refractivity (Wildman–Crippen MR) is 74.7 cm³/mol. The topological polar surface area (TPSA) is 62.7 Å². The summed E-state index contributed by atoms with van der Waals surface area (Å²) in [6, 6.07) is 3.78. The van der Waals surface area contributed by atoms with Crippen molar-refractivity contribution in [2.24, 2.45) is 0 Å². The second-order valence-electron chi connectivity index (χ2n) is 5.70. The van der Waals surface area contributed by atoms with Gasteiger partial charge < -0.3 is 14.7 Å². The van der Waals surface area contributed by atoms with Gasteiger partial charge >= 0.3 is 12.3 Å². The van der Waals surface area contributed by atoms with E-state index in [9.17, 15) is 18.0 Å². The van der Waals surface area contributed by atoms with Gasteiger partial charge in [0.25, 0.3) is 0 Å². The van der Waals surface area contributed by atoms with Crippen LogP contribution in [0.15, 0.2) is 24.3 Å². The van der Waals surface area contributed by atoms with Gasteiger partial charge in [0, 0.05) is 18.7 Å². The Morgan fingerprint density at radius 2 is 2.00 bits per heavy atom. The first-order valence-electron chi connectivity index (χ1n) is 7.17. The van der Waals surface area contributed by atoms with Crippen molar-refractivity contribution in [1.29, 1.82) is 0 Å². The third-order valence-corrected chi connectivity index (χ3v) is 4.20. The molecule has 124 valence electrons. The van der Waals surface area contributed by atoms with Crippen LogP contribution in [-0.2, 0) is 10.9 Å². The van der Waals surface area contributed by atoms with Crippen LogP contribution in [0.2, 0.25) is 0 Å². The van der Waals surface area contributed by atoms with Crippen molar-refractivity contribution >= 4 is 11.7 Å². The largest absolute Gasteiger partial charge is 0.465 e. The van der Waals surface area contributed by atoms with E-state index in [1.807, 2.05) is 0 Å². The molecule has 1 aromatic heterocycles. The summed E-state index contributed by atoms with van der Waals surface area (Å²) < 4.78 is 44.0. The van der Waals surface area contributed by atoms with Crippen molar-refractivity contribution in [1.82, 2.24) is 9.88 Å².